The lowest BCUT2D eigenvalue weighted by Crippen LogP contribution is -2.49. The second kappa shape index (κ2) is 6.54. The topological polar surface area (TPSA) is 59.6 Å². The van der Waals surface area contributed by atoms with Gasteiger partial charge in [-0.05, 0) is 51.3 Å². The third kappa shape index (κ3) is 3.77. The lowest BCUT2D eigenvalue weighted by atomic mass is 9.78. The second-order valence-corrected chi connectivity index (χ2v) is 7.90. The molecule has 2 N–H and O–H groups in total. The number of nitrogens with one attached hydrogen (secondary N) is 2. The summed E-state index contributed by atoms with van der Waals surface area (Å²) in [7, 11) is 0. The van der Waals surface area contributed by atoms with Gasteiger partial charge >= 0.3 is 6.03 Å². The minimum atomic E-state index is -0.232. The van der Waals surface area contributed by atoms with Gasteiger partial charge in [-0.3, -0.25) is 0 Å². The van der Waals surface area contributed by atoms with Gasteiger partial charge in [0.1, 0.15) is 13.2 Å². The van der Waals surface area contributed by atoms with E-state index in [0.29, 0.717) is 19.8 Å². The fourth-order valence-corrected chi connectivity index (χ4v) is 3.63. The standard InChI is InChI=1S/C19H28N2O3/c1-18(2,3)21-17(22)20-13-19(8-4-5-9-19)14-6-7-15-16(12-14)24-11-10-23-15/h6-7,12H,4-5,8-11,13H2,1-3H3,(H2,20,21,22). The molecule has 0 spiro atoms. The summed E-state index contributed by atoms with van der Waals surface area (Å²) in [5, 5.41) is 6.05. The Kier molecular flexibility index (Phi) is 4.61. The van der Waals surface area contributed by atoms with Crippen LogP contribution >= 0.6 is 0 Å². The van der Waals surface area contributed by atoms with Crippen LogP contribution in [0.2, 0.25) is 0 Å². The Morgan fingerprint density at radius 1 is 1.12 bits per heavy atom. The van der Waals surface area contributed by atoms with Crippen molar-refractivity contribution in [1.82, 2.24) is 10.6 Å². The van der Waals surface area contributed by atoms with Gasteiger partial charge in [0.05, 0.1) is 0 Å². The van der Waals surface area contributed by atoms with Crippen molar-refractivity contribution in [3.8, 4) is 11.5 Å². The van der Waals surface area contributed by atoms with Crippen molar-refractivity contribution in [3.05, 3.63) is 23.8 Å². The predicted octanol–water partition coefficient (Wildman–Crippen LogP) is 3.37. The number of amides is 2. The zero-order chi connectivity index (χ0) is 17.2. The molecule has 1 aliphatic carbocycles. The van der Waals surface area contributed by atoms with E-state index in [0.717, 1.165) is 24.3 Å². The Morgan fingerprint density at radius 2 is 1.79 bits per heavy atom. The molecule has 0 bridgehead atoms. The van der Waals surface area contributed by atoms with E-state index < -0.39 is 0 Å². The lowest BCUT2D eigenvalue weighted by molar-refractivity contribution is 0.171. The van der Waals surface area contributed by atoms with Crippen LogP contribution in [0.4, 0.5) is 4.79 Å². The van der Waals surface area contributed by atoms with Crippen molar-refractivity contribution in [2.24, 2.45) is 0 Å². The predicted molar refractivity (Wildman–Crippen MR) is 93.9 cm³/mol. The molecule has 2 amide bonds. The van der Waals surface area contributed by atoms with Gasteiger partial charge in [0.2, 0.25) is 0 Å². The van der Waals surface area contributed by atoms with E-state index in [1.807, 2.05) is 26.8 Å². The highest BCUT2D eigenvalue weighted by molar-refractivity contribution is 5.74. The van der Waals surface area contributed by atoms with Gasteiger partial charge in [0, 0.05) is 17.5 Å². The molecule has 0 unspecified atom stereocenters. The molecule has 5 nitrogen and oxygen atoms in total. The fraction of sp³-hybridized carbons (Fsp3) is 0.632. The van der Waals surface area contributed by atoms with Crippen LogP contribution in [0.3, 0.4) is 0 Å². The first-order chi connectivity index (χ1) is 11.4. The molecule has 1 fully saturated rings. The van der Waals surface area contributed by atoms with Gasteiger partial charge in [-0.15, -0.1) is 0 Å². The number of hydrogen-bond donors (Lipinski definition) is 2. The van der Waals surface area contributed by atoms with Gasteiger partial charge < -0.3 is 20.1 Å². The maximum Gasteiger partial charge on any atom is 0.315 e. The molecular weight excluding hydrogens is 304 g/mol. The highest BCUT2D eigenvalue weighted by atomic mass is 16.6. The highest BCUT2D eigenvalue weighted by Gasteiger charge is 2.37. The summed E-state index contributed by atoms with van der Waals surface area (Å²) in [6.45, 7) is 7.80. The molecule has 1 aromatic carbocycles. The number of fused-ring (bicyclic) bond motifs is 1. The number of ether oxygens (including phenoxy) is 2. The maximum atomic E-state index is 12.2. The summed E-state index contributed by atoms with van der Waals surface area (Å²) in [4.78, 5) is 12.2. The van der Waals surface area contributed by atoms with Crippen molar-refractivity contribution in [2.45, 2.75) is 57.4 Å². The summed E-state index contributed by atoms with van der Waals surface area (Å²) in [6.07, 6.45) is 4.55. The van der Waals surface area contributed by atoms with Gasteiger partial charge in [0.25, 0.3) is 0 Å². The van der Waals surface area contributed by atoms with E-state index in [-0.39, 0.29) is 17.0 Å². The van der Waals surface area contributed by atoms with Crippen LogP contribution < -0.4 is 20.1 Å². The van der Waals surface area contributed by atoms with E-state index in [9.17, 15) is 4.79 Å². The SMILES string of the molecule is CC(C)(C)NC(=O)NCC1(c2ccc3c(c2)OCCO3)CCCC1. The average molecular weight is 332 g/mol. The summed E-state index contributed by atoms with van der Waals surface area (Å²) >= 11 is 0. The zero-order valence-corrected chi connectivity index (χ0v) is 14.9. The number of hydrogen-bond acceptors (Lipinski definition) is 3. The number of carbonyl (C=O) groups excluding carboxylic acids is 1. The number of benzene rings is 1. The number of rotatable bonds is 3. The van der Waals surface area contributed by atoms with Crippen LogP contribution in [0.1, 0.15) is 52.0 Å². The highest BCUT2D eigenvalue weighted by Crippen LogP contribution is 2.43. The van der Waals surface area contributed by atoms with E-state index in [1.54, 1.807) is 0 Å². The second-order valence-electron chi connectivity index (χ2n) is 7.90. The van der Waals surface area contributed by atoms with Crippen LogP contribution in [0.15, 0.2) is 18.2 Å². The summed E-state index contributed by atoms with van der Waals surface area (Å²) in [5.41, 5.74) is 0.995. The van der Waals surface area contributed by atoms with Crippen LogP contribution in [-0.4, -0.2) is 31.3 Å². The molecule has 132 valence electrons. The monoisotopic (exact) mass is 332 g/mol. The lowest BCUT2D eigenvalue weighted by Gasteiger charge is -2.32. The van der Waals surface area contributed by atoms with E-state index in [1.165, 1.54) is 18.4 Å². The van der Waals surface area contributed by atoms with E-state index >= 15 is 0 Å². The molecule has 3 rings (SSSR count). The number of carbonyl (C=O) groups is 1. The fourth-order valence-electron chi connectivity index (χ4n) is 3.63. The van der Waals surface area contributed by atoms with Crippen molar-refractivity contribution < 1.29 is 14.3 Å². The molecule has 1 aromatic rings. The molecule has 1 saturated carbocycles. The smallest absolute Gasteiger partial charge is 0.315 e. The van der Waals surface area contributed by atoms with Gasteiger partial charge in [-0.2, -0.15) is 0 Å². The largest absolute Gasteiger partial charge is 0.486 e. The van der Waals surface area contributed by atoms with Gasteiger partial charge in [-0.25, -0.2) is 4.79 Å². The Balaban J connectivity index is 1.75. The molecule has 24 heavy (non-hydrogen) atoms. The Hall–Kier alpha value is -1.91. The molecular formula is C19H28N2O3. The van der Waals surface area contributed by atoms with Crippen LogP contribution in [0, 0.1) is 0 Å². The molecule has 0 radical (unpaired) electrons. The minimum absolute atomic E-state index is 0.00887. The maximum absolute atomic E-state index is 12.2. The third-order valence-corrected chi connectivity index (χ3v) is 4.79. The molecule has 0 saturated heterocycles. The molecule has 1 aliphatic heterocycles. The molecule has 2 aliphatic rings. The normalized spacial score (nSPS) is 19.0. The quantitative estimate of drug-likeness (QED) is 0.892. The minimum Gasteiger partial charge on any atom is -0.486 e. The number of urea groups is 1. The van der Waals surface area contributed by atoms with Crippen LogP contribution in [0.5, 0.6) is 11.5 Å². The third-order valence-electron chi connectivity index (χ3n) is 4.79. The van der Waals surface area contributed by atoms with E-state index in [4.69, 9.17) is 9.47 Å². The van der Waals surface area contributed by atoms with Crippen molar-refractivity contribution >= 4 is 6.03 Å². The Morgan fingerprint density at radius 3 is 2.46 bits per heavy atom. The van der Waals surface area contributed by atoms with Crippen LogP contribution in [-0.2, 0) is 5.41 Å². The van der Waals surface area contributed by atoms with Gasteiger partial charge in [-0.1, -0.05) is 18.9 Å². The summed E-state index contributed by atoms with van der Waals surface area (Å²) in [6, 6.07) is 6.12. The summed E-state index contributed by atoms with van der Waals surface area (Å²) < 4.78 is 11.4. The Labute approximate surface area is 144 Å². The van der Waals surface area contributed by atoms with Crippen molar-refractivity contribution in [3.63, 3.8) is 0 Å². The molecule has 0 atom stereocenters. The van der Waals surface area contributed by atoms with Crippen molar-refractivity contribution in [2.75, 3.05) is 19.8 Å². The van der Waals surface area contributed by atoms with Gasteiger partial charge in [0.15, 0.2) is 11.5 Å². The van der Waals surface area contributed by atoms with Crippen LogP contribution in [0.25, 0.3) is 0 Å². The summed E-state index contributed by atoms with van der Waals surface area (Å²) in [5.74, 6) is 1.64. The first kappa shape index (κ1) is 16.9. The zero-order valence-electron chi connectivity index (χ0n) is 14.9. The van der Waals surface area contributed by atoms with Crippen molar-refractivity contribution in [1.29, 1.82) is 0 Å². The molecule has 1 heterocycles. The Bertz CT molecular complexity index is 601. The first-order valence-electron chi connectivity index (χ1n) is 8.84. The average Bonchev–Trinajstić information content (AvgIpc) is 3.01. The van der Waals surface area contributed by atoms with E-state index in [2.05, 4.69) is 22.8 Å². The molecule has 0 aromatic heterocycles. The first-order valence-corrected chi connectivity index (χ1v) is 8.84. The molecule has 5 heteroatoms.